The summed E-state index contributed by atoms with van der Waals surface area (Å²) in [6.45, 7) is 7.69. The van der Waals surface area contributed by atoms with Crippen LogP contribution in [-0.4, -0.2) is 26.4 Å². The fourth-order valence-electron chi connectivity index (χ4n) is 2.71. The van der Waals surface area contributed by atoms with E-state index in [1.807, 2.05) is 0 Å². The molecule has 0 N–H and O–H groups in total. The Bertz CT molecular complexity index is 153. The molecule has 0 bridgehead atoms. The summed E-state index contributed by atoms with van der Waals surface area (Å²) in [5, 5.41) is 0. The summed E-state index contributed by atoms with van der Waals surface area (Å²) in [5.41, 5.74) is 0. The van der Waals surface area contributed by atoms with Gasteiger partial charge in [0.25, 0.3) is 0 Å². The van der Waals surface area contributed by atoms with E-state index in [2.05, 4.69) is 13.8 Å². The molecule has 0 radical (unpaired) electrons. The van der Waals surface area contributed by atoms with Gasteiger partial charge in [0, 0.05) is 0 Å². The van der Waals surface area contributed by atoms with E-state index in [9.17, 15) is 0 Å². The van der Waals surface area contributed by atoms with Gasteiger partial charge in [0.15, 0.2) is 0 Å². The smallest absolute Gasteiger partial charge is 0.0701 e. The minimum Gasteiger partial charge on any atom is -0.377 e. The molecule has 2 heteroatoms. The first kappa shape index (κ1) is 21.9. The van der Waals surface area contributed by atoms with Crippen LogP contribution >= 0.6 is 0 Å². The third-order valence-corrected chi connectivity index (χ3v) is 4.20. The molecule has 0 unspecified atom stereocenters. The summed E-state index contributed by atoms with van der Waals surface area (Å²) in [6, 6.07) is 0. The van der Waals surface area contributed by atoms with Crippen LogP contribution in [0.5, 0.6) is 0 Å². The molecule has 1 aliphatic heterocycles. The highest BCUT2D eigenvalue weighted by Crippen LogP contribution is 2.12. The van der Waals surface area contributed by atoms with Crippen molar-refractivity contribution in [1.29, 1.82) is 0 Å². The van der Waals surface area contributed by atoms with Crippen LogP contribution in [0.1, 0.15) is 104 Å². The van der Waals surface area contributed by atoms with Gasteiger partial charge in [-0.2, -0.15) is 0 Å². The van der Waals surface area contributed by atoms with Gasteiger partial charge in [0.1, 0.15) is 0 Å². The third-order valence-electron chi connectivity index (χ3n) is 4.20. The van der Waals surface area contributed by atoms with Gasteiger partial charge in [-0.15, -0.1) is 0 Å². The van der Waals surface area contributed by atoms with Gasteiger partial charge in [-0.25, -0.2) is 0 Å². The van der Waals surface area contributed by atoms with Gasteiger partial charge in [0.05, 0.1) is 26.4 Å². The van der Waals surface area contributed by atoms with Gasteiger partial charge >= 0.3 is 0 Å². The van der Waals surface area contributed by atoms with E-state index in [-0.39, 0.29) is 0 Å². The van der Waals surface area contributed by atoms with Crippen LogP contribution in [0.4, 0.5) is 0 Å². The minimum atomic E-state index is 0.778. The van der Waals surface area contributed by atoms with Crippen molar-refractivity contribution in [2.75, 3.05) is 26.4 Å². The summed E-state index contributed by atoms with van der Waals surface area (Å²) in [7, 11) is 0. The van der Waals surface area contributed by atoms with Crippen LogP contribution < -0.4 is 0 Å². The number of unbranched alkanes of at least 4 members (excludes halogenated alkanes) is 13. The van der Waals surface area contributed by atoms with Crippen molar-refractivity contribution in [2.24, 2.45) is 0 Å². The predicted octanol–water partition coefficient (Wildman–Crippen LogP) is 6.52. The Kier molecular flexibility index (Phi) is 20.8. The first-order valence-electron chi connectivity index (χ1n) is 10.1. The van der Waals surface area contributed by atoms with Crippen LogP contribution in [0.3, 0.4) is 0 Å². The molecule has 0 aromatic carbocycles. The summed E-state index contributed by atoms with van der Waals surface area (Å²) in [5.74, 6) is 0. The molecular formula is C20H42O2. The summed E-state index contributed by atoms with van der Waals surface area (Å²) in [4.78, 5) is 0. The molecule has 0 amide bonds. The Morgan fingerprint density at radius 2 is 0.636 bits per heavy atom. The molecule has 134 valence electrons. The van der Waals surface area contributed by atoms with Gasteiger partial charge in [0.2, 0.25) is 0 Å². The third kappa shape index (κ3) is 19.9. The molecule has 0 aliphatic carbocycles. The normalized spacial score (nSPS) is 14.5. The first-order chi connectivity index (χ1) is 10.9. The lowest BCUT2D eigenvalue weighted by atomic mass is 10.0. The topological polar surface area (TPSA) is 18.5 Å². The average Bonchev–Trinajstić information content (AvgIpc) is 2.58. The van der Waals surface area contributed by atoms with Gasteiger partial charge < -0.3 is 9.47 Å². The minimum absolute atomic E-state index is 0.778. The molecule has 22 heavy (non-hydrogen) atoms. The summed E-state index contributed by atoms with van der Waals surface area (Å²) in [6.07, 6.45) is 20.4. The Morgan fingerprint density at radius 1 is 0.409 bits per heavy atom. The molecule has 0 aromatic rings. The average molecular weight is 315 g/mol. The molecule has 2 nitrogen and oxygen atoms in total. The highest BCUT2D eigenvalue weighted by atomic mass is 16.6. The van der Waals surface area contributed by atoms with Crippen molar-refractivity contribution in [3.63, 3.8) is 0 Å². The van der Waals surface area contributed by atoms with Crippen LogP contribution in [0.15, 0.2) is 0 Å². The second kappa shape index (κ2) is 20.9. The fourth-order valence-corrected chi connectivity index (χ4v) is 2.71. The van der Waals surface area contributed by atoms with Gasteiger partial charge in [-0.3, -0.25) is 0 Å². The highest BCUT2D eigenvalue weighted by molar-refractivity contribution is 4.48. The molecular weight excluding hydrogens is 272 g/mol. The molecule has 0 atom stereocenters. The van der Waals surface area contributed by atoms with E-state index < -0.39 is 0 Å². The largest absolute Gasteiger partial charge is 0.377 e. The lowest BCUT2D eigenvalue weighted by Gasteiger charge is -2.09. The quantitative estimate of drug-likeness (QED) is 0.360. The Balaban J connectivity index is 0.000000604. The number of ether oxygens (including phenoxy) is 2. The summed E-state index contributed by atoms with van der Waals surface area (Å²) >= 11 is 0. The molecule has 0 aromatic heterocycles. The van der Waals surface area contributed by atoms with Crippen molar-refractivity contribution in [3.8, 4) is 0 Å². The molecule has 1 rings (SSSR count). The van der Waals surface area contributed by atoms with Crippen molar-refractivity contribution in [2.45, 2.75) is 104 Å². The number of hydrogen-bond donors (Lipinski definition) is 0. The Morgan fingerprint density at radius 3 is 0.818 bits per heavy atom. The van der Waals surface area contributed by atoms with E-state index in [1.165, 1.54) is 89.9 Å². The molecule has 1 saturated heterocycles. The monoisotopic (exact) mass is 314 g/mol. The fraction of sp³-hybridized carbons (Fsp3) is 1.00. The Labute approximate surface area is 140 Å². The zero-order valence-electron chi connectivity index (χ0n) is 15.5. The molecule has 1 heterocycles. The van der Waals surface area contributed by atoms with E-state index in [0.29, 0.717) is 0 Å². The van der Waals surface area contributed by atoms with E-state index in [1.54, 1.807) is 0 Å². The zero-order valence-corrected chi connectivity index (χ0v) is 15.5. The second-order valence-corrected chi connectivity index (χ2v) is 6.47. The van der Waals surface area contributed by atoms with Crippen LogP contribution in [0.2, 0.25) is 0 Å². The zero-order chi connectivity index (χ0) is 16.1. The van der Waals surface area contributed by atoms with Crippen LogP contribution in [0, 0.1) is 0 Å². The number of rotatable bonds is 13. The first-order valence-corrected chi connectivity index (χ1v) is 10.1. The van der Waals surface area contributed by atoms with E-state index in [0.717, 1.165) is 26.4 Å². The van der Waals surface area contributed by atoms with Crippen molar-refractivity contribution < 1.29 is 9.47 Å². The van der Waals surface area contributed by atoms with Gasteiger partial charge in [-0.05, 0) is 0 Å². The van der Waals surface area contributed by atoms with Crippen molar-refractivity contribution in [1.82, 2.24) is 0 Å². The lowest BCUT2D eigenvalue weighted by Crippen LogP contribution is -2.16. The maximum Gasteiger partial charge on any atom is 0.0701 e. The second-order valence-electron chi connectivity index (χ2n) is 6.47. The predicted molar refractivity (Wildman–Crippen MR) is 97.6 cm³/mol. The number of hydrogen-bond acceptors (Lipinski definition) is 2. The SMILES string of the molecule is C1COCCO1.CCCCCCCCCCCCCCCC. The van der Waals surface area contributed by atoms with Crippen LogP contribution in [-0.2, 0) is 9.47 Å². The molecule has 0 saturated carbocycles. The Hall–Kier alpha value is -0.0800. The van der Waals surface area contributed by atoms with E-state index in [4.69, 9.17) is 9.47 Å². The molecule has 1 fully saturated rings. The lowest BCUT2D eigenvalue weighted by molar-refractivity contribution is -0.0334. The van der Waals surface area contributed by atoms with Crippen molar-refractivity contribution in [3.05, 3.63) is 0 Å². The van der Waals surface area contributed by atoms with Crippen LogP contribution in [0.25, 0.3) is 0 Å². The van der Waals surface area contributed by atoms with E-state index >= 15 is 0 Å². The standard InChI is InChI=1S/C16H34.C4H8O2/c1-3-5-7-9-11-13-15-16-14-12-10-8-6-4-2;1-2-6-4-3-5-1/h3-16H2,1-2H3;1-4H2. The summed E-state index contributed by atoms with van der Waals surface area (Å²) < 4.78 is 9.89. The maximum atomic E-state index is 4.94. The maximum absolute atomic E-state index is 4.94. The van der Waals surface area contributed by atoms with Gasteiger partial charge in [-0.1, -0.05) is 104 Å². The highest BCUT2D eigenvalue weighted by Gasteiger charge is 1.94. The van der Waals surface area contributed by atoms with Crippen molar-refractivity contribution >= 4 is 0 Å². The molecule has 0 spiro atoms. The molecule has 1 aliphatic rings.